The molecule has 41 heavy (non-hydrogen) atoms. The summed E-state index contributed by atoms with van der Waals surface area (Å²) in [5.41, 5.74) is 21.5. The van der Waals surface area contributed by atoms with Gasteiger partial charge in [-0.1, -0.05) is 110 Å². The molecule has 0 spiro atoms. The molecule has 2 aromatic carbocycles. The number of aryl methyl sites for hydroxylation is 2. The summed E-state index contributed by atoms with van der Waals surface area (Å²) in [4.78, 5) is 0. The van der Waals surface area contributed by atoms with Gasteiger partial charge in [0.2, 0.25) is 11.4 Å². The van der Waals surface area contributed by atoms with Crippen molar-refractivity contribution in [3.63, 3.8) is 0 Å². The van der Waals surface area contributed by atoms with E-state index in [1.54, 1.807) is 0 Å². The first-order valence-electron chi connectivity index (χ1n) is 15.8. The Morgan fingerprint density at radius 2 is 1.05 bits per heavy atom. The van der Waals surface area contributed by atoms with E-state index in [1.807, 2.05) is 0 Å². The molecule has 0 radical (unpaired) electrons. The van der Waals surface area contributed by atoms with E-state index in [1.165, 1.54) is 91.2 Å². The Kier molecular flexibility index (Phi) is 20.6. The van der Waals surface area contributed by atoms with Crippen LogP contribution in [0.3, 0.4) is 0 Å². The van der Waals surface area contributed by atoms with Crippen molar-refractivity contribution in [3.05, 3.63) is 102 Å². The van der Waals surface area contributed by atoms with Crippen LogP contribution in [0.15, 0.2) is 59.7 Å². The maximum Gasteiger partial charge on any atom is 2.00 e. The van der Waals surface area contributed by atoms with E-state index >= 15 is 0 Å². The minimum absolute atomic E-state index is 0. The Hall–Kier alpha value is -1.99. The molecule has 1 aliphatic heterocycles. The molecule has 0 N–H and O–H groups in total. The van der Waals surface area contributed by atoms with Crippen LogP contribution in [-0.2, 0) is 29.3 Å². The largest absolute Gasteiger partial charge is 2.00 e. The average Bonchev–Trinajstić information content (AvgIpc) is 3.22. The fraction of sp³-hybridized carbons (Fsp3) is 0.526. The fourth-order valence-corrected chi connectivity index (χ4v) is 5.74. The van der Waals surface area contributed by atoms with Gasteiger partial charge in [0.15, 0.2) is 0 Å². The number of hydrogen-bond donors (Lipinski definition) is 0. The van der Waals surface area contributed by atoms with Crippen LogP contribution in [0.25, 0.3) is 16.9 Å². The van der Waals surface area contributed by atoms with Crippen LogP contribution < -0.4 is 0 Å². The van der Waals surface area contributed by atoms with Gasteiger partial charge < -0.3 is 20.4 Å². The maximum atomic E-state index is 11.8. The molecular weight excluding hydrogens is 543 g/mol. The Morgan fingerprint density at radius 3 is 1.66 bits per heavy atom. The predicted molar refractivity (Wildman–Crippen MR) is 178 cm³/mol. The van der Waals surface area contributed by atoms with Gasteiger partial charge in [0, 0.05) is 22.3 Å². The maximum absolute atomic E-state index is 11.8. The van der Waals surface area contributed by atoms with Crippen molar-refractivity contribution >= 4 is 11.4 Å². The summed E-state index contributed by atoms with van der Waals surface area (Å²) in [6.07, 6.45) is 19.4. The molecule has 2 nitrogen and oxygen atoms in total. The zero-order valence-electron chi connectivity index (χ0n) is 27.1. The van der Waals surface area contributed by atoms with Crippen LogP contribution >= 0.6 is 0 Å². The van der Waals surface area contributed by atoms with Crippen molar-refractivity contribution in [2.75, 3.05) is 0 Å². The molecular formula is C38H58N2Ni. The van der Waals surface area contributed by atoms with Gasteiger partial charge in [-0.05, 0) is 80.3 Å². The third-order valence-electron chi connectivity index (χ3n) is 8.08. The van der Waals surface area contributed by atoms with E-state index < -0.39 is 0 Å². The minimum atomic E-state index is 0. The zero-order valence-corrected chi connectivity index (χ0v) is 28.1. The van der Waals surface area contributed by atoms with Crippen LogP contribution in [0, 0.1) is 14.9 Å². The van der Waals surface area contributed by atoms with Crippen LogP contribution in [0.2, 0.25) is 0 Å². The minimum Gasteiger partial charge on any atom is -0.493 e. The first kappa shape index (κ1) is 39.0. The number of allylic oxidation sites excluding steroid dienone is 2. The van der Waals surface area contributed by atoms with E-state index in [4.69, 9.17) is 0 Å². The normalized spacial score (nSPS) is 12.7. The SMILES string of the molecule is CCCCCCCCc1ccc(C2=C(CCCC)C(CCCCCC)=C(c3cccc(CC)c3)[N+]2=[N-])cc1.[CH3-].[CH3-].[Ni+2]. The van der Waals surface area contributed by atoms with E-state index in [0.717, 1.165) is 61.0 Å². The number of unbranched alkanes of at least 4 members (excludes halogenated alkanes) is 9. The van der Waals surface area contributed by atoms with Crippen LogP contribution in [-0.4, -0.2) is 4.70 Å². The molecule has 1 heterocycles. The first-order valence-corrected chi connectivity index (χ1v) is 15.8. The molecule has 0 aliphatic carbocycles. The Labute approximate surface area is 264 Å². The molecule has 0 amide bonds. The molecule has 2 aromatic rings. The molecule has 3 heteroatoms. The first-order chi connectivity index (χ1) is 18.6. The fourth-order valence-electron chi connectivity index (χ4n) is 5.74. The van der Waals surface area contributed by atoms with Gasteiger partial charge in [0.25, 0.3) is 0 Å². The van der Waals surface area contributed by atoms with Crippen molar-refractivity contribution in [2.45, 2.75) is 130 Å². The van der Waals surface area contributed by atoms with E-state index in [0.29, 0.717) is 0 Å². The van der Waals surface area contributed by atoms with Crippen molar-refractivity contribution in [3.8, 4) is 0 Å². The molecule has 0 saturated heterocycles. The molecule has 3 rings (SSSR count). The summed E-state index contributed by atoms with van der Waals surface area (Å²) in [6, 6.07) is 17.9. The monoisotopic (exact) mass is 600 g/mol. The summed E-state index contributed by atoms with van der Waals surface area (Å²) < 4.78 is 1.54. The molecule has 0 atom stereocenters. The van der Waals surface area contributed by atoms with Crippen molar-refractivity contribution in [2.24, 2.45) is 0 Å². The smallest absolute Gasteiger partial charge is 0.493 e. The standard InChI is InChI=1S/C36H52N2.2CH3.Ni/c1-5-9-12-14-15-16-19-30-24-26-31(27-25-30)35-33(22-11-7-3)34(23-17-13-10-6-2)36(38(35)37)32-21-18-20-29(8-4)28-32;;;/h18,20-21,24-28H,5-17,19,22-23H2,1-4H3;2*1H3;/q;2*-1;+2. The van der Waals surface area contributed by atoms with Crippen molar-refractivity contribution in [1.82, 2.24) is 0 Å². The molecule has 230 valence electrons. The Bertz CT molecular complexity index is 1080. The predicted octanol–water partition coefficient (Wildman–Crippen LogP) is 12.4. The number of benzene rings is 2. The molecule has 0 aromatic heterocycles. The van der Waals surface area contributed by atoms with Gasteiger partial charge in [-0.2, -0.15) is 0 Å². The summed E-state index contributed by atoms with van der Waals surface area (Å²) >= 11 is 0. The van der Waals surface area contributed by atoms with E-state index in [-0.39, 0.29) is 31.3 Å². The van der Waals surface area contributed by atoms with Gasteiger partial charge >= 0.3 is 16.5 Å². The molecule has 0 fully saturated rings. The van der Waals surface area contributed by atoms with Crippen LogP contribution in [0.1, 0.15) is 140 Å². The average molecular weight is 602 g/mol. The molecule has 1 aliphatic rings. The molecule has 0 bridgehead atoms. The van der Waals surface area contributed by atoms with Crippen LogP contribution in [0.4, 0.5) is 0 Å². The Morgan fingerprint density at radius 1 is 0.537 bits per heavy atom. The van der Waals surface area contributed by atoms with Gasteiger partial charge in [-0.15, -0.1) is 0 Å². The van der Waals surface area contributed by atoms with Gasteiger partial charge in [0.1, 0.15) is 0 Å². The Balaban J connectivity index is 0.00000533. The van der Waals surface area contributed by atoms with Gasteiger partial charge in [0.05, 0.1) is 0 Å². The topological polar surface area (TPSA) is 25.3 Å². The number of rotatable bonds is 18. The summed E-state index contributed by atoms with van der Waals surface area (Å²) in [5, 5.41) is 0. The van der Waals surface area contributed by atoms with E-state index in [9.17, 15) is 5.53 Å². The third kappa shape index (κ3) is 11.3. The summed E-state index contributed by atoms with van der Waals surface area (Å²) in [6.45, 7) is 9.01. The van der Waals surface area contributed by atoms with Gasteiger partial charge in [-0.3, -0.25) is 0 Å². The number of hydrogen-bond acceptors (Lipinski definition) is 0. The van der Waals surface area contributed by atoms with E-state index in [2.05, 4.69) is 76.2 Å². The molecule has 0 unspecified atom stereocenters. The second-order valence-corrected chi connectivity index (χ2v) is 11.1. The molecule has 0 saturated carbocycles. The van der Waals surface area contributed by atoms with Gasteiger partial charge in [-0.25, -0.2) is 4.70 Å². The second kappa shape index (κ2) is 21.7. The zero-order chi connectivity index (χ0) is 27.2. The number of nitrogens with zero attached hydrogens (tertiary/aromatic N) is 2. The summed E-state index contributed by atoms with van der Waals surface area (Å²) in [7, 11) is 0. The third-order valence-corrected chi connectivity index (χ3v) is 8.08. The van der Waals surface area contributed by atoms with Crippen LogP contribution in [0.5, 0.6) is 0 Å². The second-order valence-electron chi connectivity index (χ2n) is 11.1. The van der Waals surface area contributed by atoms with Crippen molar-refractivity contribution < 1.29 is 21.2 Å². The van der Waals surface area contributed by atoms with Crippen molar-refractivity contribution in [1.29, 1.82) is 0 Å². The summed E-state index contributed by atoms with van der Waals surface area (Å²) in [5.74, 6) is 0. The quantitative estimate of drug-likeness (QED) is 0.0703.